The molecule has 0 radical (unpaired) electrons. The largest absolute Gasteiger partial charge is 0.479 e. The van der Waals surface area contributed by atoms with E-state index in [-0.39, 0.29) is 27.4 Å². The van der Waals surface area contributed by atoms with Crippen LogP contribution in [0.4, 0.5) is 5.69 Å². The van der Waals surface area contributed by atoms with Crippen molar-refractivity contribution in [1.29, 1.82) is 0 Å². The lowest BCUT2D eigenvalue weighted by Crippen LogP contribution is -2.46. The number of carboxylic acid groups (broad SMARTS) is 1. The lowest BCUT2D eigenvalue weighted by molar-refractivity contribution is -0.139. The van der Waals surface area contributed by atoms with Gasteiger partial charge in [-0.1, -0.05) is 47.5 Å². The van der Waals surface area contributed by atoms with Gasteiger partial charge in [-0.3, -0.25) is 4.31 Å². The molecule has 3 aromatic rings. The van der Waals surface area contributed by atoms with Crippen molar-refractivity contribution in [3.8, 4) is 16.2 Å². The summed E-state index contributed by atoms with van der Waals surface area (Å²) in [6.07, 6.45) is 1.26. The van der Waals surface area contributed by atoms with Crippen LogP contribution in [0.5, 0.6) is 5.75 Å². The summed E-state index contributed by atoms with van der Waals surface area (Å²) >= 11 is 13.5. The SMILES string of the molecule is COC(=O)c1sc(-c2cccc(N(C3CCNCC3)S(=O)(=O)Cc3ccc(Cl)cc3)c2)c(Cl)c1OCC(=O)O. The molecule has 39 heavy (non-hydrogen) atoms. The van der Waals surface area contributed by atoms with Crippen molar-refractivity contribution in [2.24, 2.45) is 0 Å². The summed E-state index contributed by atoms with van der Waals surface area (Å²) in [4.78, 5) is 23.9. The molecule has 2 heterocycles. The Balaban J connectivity index is 1.76. The third-order valence-electron chi connectivity index (χ3n) is 6.08. The summed E-state index contributed by atoms with van der Waals surface area (Å²) in [6.45, 7) is 0.661. The van der Waals surface area contributed by atoms with E-state index in [4.69, 9.17) is 37.8 Å². The zero-order chi connectivity index (χ0) is 28.2. The monoisotopic (exact) mass is 612 g/mol. The van der Waals surface area contributed by atoms with Gasteiger partial charge in [-0.15, -0.1) is 11.3 Å². The van der Waals surface area contributed by atoms with Gasteiger partial charge in [0, 0.05) is 11.1 Å². The van der Waals surface area contributed by atoms with Gasteiger partial charge in [-0.05, 0) is 61.3 Å². The Morgan fingerprint density at radius 3 is 2.46 bits per heavy atom. The van der Waals surface area contributed by atoms with Gasteiger partial charge in [0.15, 0.2) is 17.2 Å². The molecule has 0 atom stereocenters. The standard InChI is InChI=1S/C26H26Cl2N2O7S2/c1-36-26(33)25-23(37-14-21(31)32)22(28)24(38-25)17-3-2-4-20(13-17)30(19-9-11-29-12-10-19)39(34,35)15-16-5-7-18(27)8-6-16/h2-8,13,19,29H,9-12,14-15H2,1H3,(H,31,32). The van der Waals surface area contributed by atoms with Crippen LogP contribution in [-0.4, -0.2) is 58.3 Å². The second-order valence-electron chi connectivity index (χ2n) is 8.79. The number of hydrogen-bond acceptors (Lipinski definition) is 8. The maximum atomic E-state index is 13.8. The fraction of sp³-hybridized carbons (Fsp3) is 0.308. The maximum Gasteiger partial charge on any atom is 0.351 e. The molecule has 13 heteroatoms. The van der Waals surface area contributed by atoms with Crippen LogP contribution in [0, 0.1) is 0 Å². The number of hydrogen-bond donors (Lipinski definition) is 2. The Morgan fingerprint density at radius 2 is 1.82 bits per heavy atom. The summed E-state index contributed by atoms with van der Waals surface area (Å²) in [5.74, 6) is -2.27. The Morgan fingerprint density at radius 1 is 1.13 bits per heavy atom. The van der Waals surface area contributed by atoms with Crippen LogP contribution in [0.25, 0.3) is 10.4 Å². The molecular weight excluding hydrogens is 587 g/mol. The number of ether oxygens (including phenoxy) is 2. The highest BCUT2D eigenvalue weighted by Gasteiger charge is 2.32. The number of sulfonamides is 1. The molecule has 2 aromatic carbocycles. The number of rotatable bonds is 10. The number of halogens is 2. The predicted octanol–water partition coefficient (Wildman–Crippen LogP) is 5.06. The highest BCUT2D eigenvalue weighted by Crippen LogP contribution is 2.46. The topological polar surface area (TPSA) is 122 Å². The van der Waals surface area contributed by atoms with Gasteiger partial charge in [-0.25, -0.2) is 18.0 Å². The van der Waals surface area contributed by atoms with Crippen LogP contribution in [-0.2, 0) is 25.3 Å². The molecule has 0 amide bonds. The van der Waals surface area contributed by atoms with Crippen LogP contribution >= 0.6 is 34.5 Å². The number of carboxylic acids is 1. The summed E-state index contributed by atoms with van der Waals surface area (Å²) in [5.41, 5.74) is 1.60. The first-order valence-corrected chi connectivity index (χ1v) is 15.1. The molecule has 4 rings (SSSR count). The molecule has 1 saturated heterocycles. The van der Waals surface area contributed by atoms with Crippen LogP contribution < -0.4 is 14.4 Å². The van der Waals surface area contributed by atoms with Gasteiger partial charge < -0.3 is 19.9 Å². The molecule has 0 aliphatic carbocycles. The Hall–Kier alpha value is -2.83. The molecule has 1 aliphatic heterocycles. The molecule has 2 N–H and O–H groups in total. The quantitative estimate of drug-likeness (QED) is 0.305. The molecule has 0 spiro atoms. The van der Waals surface area contributed by atoms with Gasteiger partial charge in [0.1, 0.15) is 5.02 Å². The highest BCUT2D eigenvalue weighted by molar-refractivity contribution is 7.92. The number of benzene rings is 2. The molecule has 0 saturated carbocycles. The van der Waals surface area contributed by atoms with E-state index in [1.54, 1.807) is 48.5 Å². The van der Waals surface area contributed by atoms with E-state index in [0.29, 0.717) is 52.6 Å². The molecule has 208 valence electrons. The fourth-order valence-electron chi connectivity index (χ4n) is 4.36. The molecule has 0 unspecified atom stereocenters. The van der Waals surface area contributed by atoms with Crippen LogP contribution in [0.2, 0.25) is 10.0 Å². The fourth-order valence-corrected chi connectivity index (χ4v) is 7.82. The second kappa shape index (κ2) is 12.6. The first-order valence-electron chi connectivity index (χ1n) is 11.9. The minimum absolute atomic E-state index is 0.00900. The zero-order valence-corrected chi connectivity index (χ0v) is 24.0. The summed E-state index contributed by atoms with van der Waals surface area (Å²) in [7, 11) is -2.63. The summed E-state index contributed by atoms with van der Waals surface area (Å²) < 4.78 is 39.3. The highest BCUT2D eigenvalue weighted by atomic mass is 35.5. The van der Waals surface area contributed by atoms with Crippen LogP contribution in [0.15, 0.2) is 48.5 Å². The first-order chi connectivity index (χ1) is 18.6. The van der Waals surface area contributed by atoms with E-state index in [1.165, 1.54) is 11.4 Å². The number of nitrogens with zero attached hydrogens (tertiary/aromatic N) is 1. The number of anilines is 1. The Labute approximate surface area is 240 Å². The van der Waals surface area contributed by atoms with E-state index in [1.807, 2.05) is 0 Å². The minimum Gasteiger partial charge on any atom is -0.479 e. The van der Waals surface area contributed by atoms with E-state index >= 15 is 0 Å². The number of aliphatic carboxylic acids is 1. The molecule has 1 aliphatic rings. The van der Waals surface area contributed by atoms with Crippen molar-refractivity contribution in [2.45, 2.75) is 24.6 Å². The zero-order valence-electron chi connectivity index (χ0n) is 20.9. The number of methoxy groups -OCH3 is 1. The normalized spacial score (nSPS) is 14.1. The average molecular weight is 614 g/mol. The number of esters is 1. The van der Waals surface area contributed by atoms with Crippen LogP contribution in [0.1, 0.15) is 28.1 Å². The van der Waals surface area contributed by atoms with Crippen molar-refractivity contribution in [3.05, 3.63) is 69.0 Å². The number of carbonyl (C=O) groups excluding carboxylic acids is 1. The Bertz CT molecular complexity index is 1450. The second-order valence-corrected chi connectivity index (χ2v) is 12.5. The number of thiophene rings is 1. The summed E-state index contributed by atoms with van der Waals surface area (Å²) in [5, 5.41) is 12.9. The maximum absolute atomic E-state index is 13.8. The van der Waals surface area contributed by atoms with Crippen molar-refractivity contribution in [3.63, 3.8) is 0 Å². The average Bonchev–Trinajstić information content (AvgIpc) is 3.25. The van der Waals surface area contributed by atoms with E-state index in [9.17, 15) is 18.0 Å². The molecule has 1 fully saturated rings. The van der Waals surface area contributed by atoms with Crippen molar-refractivity contribution >= 4 is 62.2 Å². The minimum atomic E-state index is -3.82. The van der Waals surface area contributed by atoms with Crippen LogP contribution in [0.3, 0.4) is 0 Å². The summed E-state index contributed by atoms with van der Waals surface area (Å²) in [6, 6.07) is 13.3. The molecular formula is C26H26Cl2N2O7S2. The number of nitrogens with one attached hydrogen (secondary N) is 1. The van der Waals surface area contributed by atoms with Gasteiger partial charge >= 0.3 is 11.9 Å². The van der Waals surface area contributed by atoms with E-state index in [0.717, 1.165) is 11.3 Å². The Kier molecular flexibility index (Phi) is 9.39. The third kappa shape index (κ3) is 6.85. The van der Waals surface area contributed by atoms with E-state index < -0.39 is 28.6 Å². The van der Waals surface area contributed by atoms with Crippen molar-refractivity contribution in [1.82, 2.24) is 5.32 Å². The van der Waals surface area contributed by atoms with Crippen molar-refractivity contribution < 1.29 is 32.6 Å². The molecule has 9 nitrogen and oxygen atoms in total. The van der Waals surface area contributed by atoms with Gasteiger partial charge in [0.05, 0.1) is 23.4 Å². The number of piperidine rings is 1. The predicted molar refractivity (Wildman–Crippen MR) is 152 cm³/mol. The molecule has 1 aromatic heterocycles. The van der Waals surface area contributed by atoms with Gasteiger partial charge in [-0.2, -0.15) is 0 Å². The van der Waals surface area contributed by atoms with Gasteiger partial charge in [0.2, 0.25) is 10.0 Å². The smallest absolute Gasteiger partial charge is 0.351 e. The number of carbonyl (C=O) groups is 2. The lowest BCUT2D eigenvalue weighted by atomic mass is 10.1. The first kappa shape index (κ1) is 29.2. The molecule has 0 bridgehead atoms. The van der Waals surface area contributed by atoms with Crippen molar-refractivity contribution in [2.75, 3.05) is 31.1 Å². The van der Waals surface area contributed by atoms with Gasteiger partial charge in [0.25, 0.3) is 0 Å². The lowest BCUT2D eigenvalue weighted by Gasteiger charge is -2.35. The third-order valence-corrected chi connectivity index (χ3v) is 9.82. The van der Waals surface area contributed by atoms with E-state index in [2.05, 4.69) is 5.32 Å².